The monoisotopic (exact) mass is 244 g/mol. The zero-order chi connectivity index (χ0) is 11.5. The highest BCUT2D eigenvalue weighted by atomic mass is 32.2. The van der Waals surface area contributed by atoms with E-state index in [1.165, 1.54) is 17.8 Å². The predicted molar refractivity (Wildman–Crippen MR) is 57.8 cm³/mol. The molecule has 1 aromatic rings. The van der Waals surface area contributed by atoms with Crippen molar-refractivity contribution in [3.05, 3.63) is 35.4 Å². The molecule has 1 aliphatic rings. The highest BCUT2D eigenvalue weighted by molar-refractivity contribution is 8.00. The van der Waals surface area contributed by atoms with Crippen LogP contribution in [0.5, 0.6) is 0 Å². The smallest absolute Gasteiger partial charge is 0.175 e. The number of ketones is 1. The first kappa shape index (κ1) is 11.5. The van der Waals surface area contributed by atoms with E-state index >= 15 is 0 Å². The van der Waals surface area contributed by atoms with Crippen molar-refractivity contribution in [2.75, 3.05) is 19.0 Å². The van der Waals surface area contributed by atoms with Gasteiger partial charge in [-0.2, -0.15) is 0 Å². The molecule has 86 valence electrons. The zero-order valence-electron chi connectivity index (χ0n) is 8.41. The van der Waals surface area contributed by atoms with Gasteiger partial charge >= 0.3 is 0 Å². The molecule has 0 unspecified atom stereocenters. The molecular weight excluding hydrogens is 234 g/mol. The summed E-state index contributed by atoms with van der Waals surface area (Å²) in [6.45, 7) is 1.29. The van der Waals surface area contributed by atoms with Crippen LogP contribution < -0.4 is 0 Å². The van der Waals surface area contributed by atoms with E-state index in [0.29, 0.717) is 18.5 Å². The van der Waals surface area contributed by atoms with Crippen LogP contribution in [0.3, 0.4) is 0 Å². The molecule has 16 heavy (non-hydrogen) atoms. The van der Waals surface area contributed by atoms with Gasteiger partial charge in [0.25, 0.3) is 0 Å². The van der Waals surface area contributed by atoms with Gasteiger partial charge in [0, 0.05) is 6.07 Å². The Bertz CT molecular complexity index is 405. The number of hydrogen-bond acceptors (Lipinski definition) is 3. The van der Waals surface area contributed by atoms with Gasteiger partial charge in [0.1, 0.15) is 11.6 Å². The molecule has 1 fully saturated rings. The van der Waals surface area contributed by atoms with Gasteiger partial charge in [-0.3, -0.25) is 4.79 Å². The summed E-state index contributed by atoms with van der Waals surface area (Å²) >= 11 is 1.44. The van der Waals surface area contributed by atoms with Crippen LogP contribution >= 0.6 is 11.8 Å². The lowest BCUT2D eigenvalue weighted by molar-refractivity contribution is 0.0455. The average Bonchev–Trinajstić information content (AvgIpc) is 2.14. The first-order valence-corrected chi connectivity index (χ1v) is 5.89. The lowest BCUT2D eigenvalue weighted by Crippen LogP contribution is -2.31. The van der Waals surface area contributed by atoms with Gasteiger partial charge in [0.15, 0.2) is 5.78 Å². The largest absolute Gasteiger partial charge is 0.379 e. The molecule has 0 bridgehead atoms. The predicted octanol–water partition coefficient (Wildman–Crippen LogP) is 2.28. The Labute approximate surface area is 96.0 Å². The Kier molecular flexibility index (Phi) is 3.56. The third-order valence-electron chi connectivity index (χ3n) is 2.29. The summed E-state index contributed by atoms with van der Waals surface area (Å²) in [4.78, 5) is 11.6. The molecule has 0 atom stereocenters. The van der Waals surface area contributed by atoms with E-state index in [-0.39, 0.29) is 17.1 Å². The molecule has 2 rings (SSSR count). The molecule has 1 aromatic carbocycles. The topological polar surface area (TPSA) is 26.3 Å². The van der Waals surface area contributed by atoms with Gasteiger partial charge in [0.05, 0.1) is 29.8 Å². The number of Topliss-reactive ketones (excluding diaryl/α,β-unsaturated/α-hetero) is 1. The van der Waals surface area contributed by atoms with E-state index in [2.05, 4.69) is 0 Å². The normalized spacial score (nSPS) is 15.9. The summed E-state index contributed by atoms with van der Waals surface area (Å²) in [5.74, 6) is -1.57. The summed E-state index contributed by atoms with van der Waals surface area (Å²) in [5, 5.41) is 0.326. The van der Waals surface area contributed by atoms with Crippen LogP contribution in [0.1, 0.15) is 10.4 Å². The Morgan fingerprint density at radius 1 is 1.44 bits per heavy atom. The standard InChI is InChI=1S/C11H10F2O2S/c12-7-1-2-9(10(13)3-7)11(14)6-16-8-4-15-5-8/h1-3,8H,4-6H2. The Morgan fingerprint density at radius 2 is 2.19 bits per heavy atom. The van der Waals surface area contributed by atoms with Gasteiger partial charge < -0.3 is 4.74 Å². The molecule has 0 N–H and O–H groups in total. The van der Waals surface area contributed by atoms with Gasteiger partial charge in [0.2, 0.25) is 0 Å². The molecule has 2 nitrogen and oxygen atoms in total. The van der Waals surface area contributed by atoms with Crippen molar-refractivity contribution in [3.8, 4) is 0 Å². The fourth-order valence-corrected chi connectivity index (χ4v) is 2.22. The number of hydrogen-bond donors (Lipinski definition) is 0. The molecular formula is C11H10F2O2S. The van der Waals surface area contributed by atoms with Gasteiger partial charge in [-0.1, -0.05) is 0 Å². The molecule has 0 aromatic heterocycles. The van der Waals surface area contributed by atoms with Crippen molar-refractivity contribution < 1.29 is 18.3 Å². The third-order valence-corrected chi connectivity index (χ3v) is 3.46. The minimum atomic E-state index is -0.796. The van der Waals surface area contributed by atoms with E-state index in [4.69, 9.17) is 4.74 Å². The highest BCUT2D eigenvalue weighted by Gasteiger charge is 2.21. The van der Waals surface area contributed by atoms with Crippen LogP contribution in [0.4, 0.5) is 8.78 Å². The average molecular weight is 244 g/mol. The maximum absolute atomic E-state index is 13.2. The van der Waals surface area contributed by atoms with Gasteiger partial charge in [-0.25, -0.2) is 8.78 Å². The van der Waals surface area contributed by atoms with Crippen LogP contribution in [0.15, 0.2) is 18.2 Å². The number of rotatable bonds is 4. The van der Waals surface area contributed by atoms with E-state index in [1.54, 1.807) is 0 Å². The van der Waals surface area contributed by atoms with E-state index in [9.17, 15) is 13.6 Å². The van der Waals surface area contributed by atoms with Gasteiger partial charge in [-0.15, -0.1) is 11.8 Å². The second kappa shape index (κ2) is 4.93. The lowest BCUT2D eigenvalue weighted by atomic mass is 10.1. The Balaban J connectivity index is 1.96. The van der Waals surface area contributed by atoms with Crippen LogP contribution in [-0.4, -0.2) is 30.0 Å². The number of ether oxygens (including phenoxy) is 1. The molecule has 0 amide bonds. The summed E-state index contributed by atoms with van der Waals surface area (Å²) in [6, 6.07) is 3.00. The minimum Gasteiger partial charge on any atom is -0.379 e. The molecule has 0 aliphatic carbocycles. The minimum absolute atomic E-state index is 0.0471. The van der Waals surface area contributed by atoms with Crippen molar-refractivity contribution in [1.82, 2.24) is 0 Å². The van der Waals surface area contributed by atoms with Crippen LogP contribution in [0.2, 0.25) is 0 Å². The number of carbonyl (C=O) groups is 1. The fraction of sp³-hybridized carbons (Fsp3) is 0.364. The highest BCUT2D eigenvalue weighted by Crippen LogP contribution is 2.21. The quantitative estimate of drug-likeness (QED) is 0.760. The van der Waals surface area contributed by atoms with Gasteiger partial charge in [-0.05, 0) is 12.1 Å². The summed E-state index contributed by atoms with van der Waals surface area (Å²) in [6.07, 6.45) is 0. The zero-order valence-corrected chi connectivity index (χ0v) is 9.23. The van der Waals surface area contributed by atoms with Crippen LogP contribution in [-0.2, 0) is 4.74 Å². The van der Waals surface area contributed by atoms with Crippen LogP contribution in [0.25, 0.3) is 0 Å². The Hall–Kier alpha value is -0.940. The fourth-order valence-electron chi connectivity index (χ4n) is 1.30. The molecule has 5 heteroatoms. The molecule has 0 radical (unpaired) electrons. The number of benzene rings is 1. The number of halogens is 2. The van der Waals surface area contributed by atoms with Crippen molar-refractivity contribution in [2.24, 2.45) is 0 Å². The molecule has 1 saturated heterocycles. The van der Waals surface area contributed by atoms with Crippen molar-refractivity contribution in [2.45, 2.75) is 5.25 Å². The second-order valence-corrected chi connectivity index (χ2v) is 4.81. The number of thioether (sulfide) groups is 1. The number of carbonyl (C=O) groups excluding carboxylic acids is 1. The Morgan fingerprint density at radius 3 is 2.75 bits per heavy atom. The first-order valence-electron chi connectivity index (χ1n) is 4.84. The molecule has 0 spiro atoms. The SMILES string of the molecule is O=C(CSC1COC1)c1ccc(F)cc1F. The van der Waals surface area contributed by atoms with Crippen molar-refractivity contribution in [1.29, 1.82) is 0 Å². The lowest BCUT2D eigenvalue weighted by Gasteiger charge is -2.24. The van der Waals surface area contributed by atoms with E-state index in [1.807, 2.05) is 0 Å². The third kappa shape index (κ3) is 2.59. The molecule has 0 saturated carbocycles. The molecule has 1 heterocycles. The summed E-state index contributed by atoms with van der Waals surface area (Å²) in [5.41, 5.74) is -0.0471. The summed E-state index contributed by atoms with van der Waals surface area (Å²) < 4.78 is 30.8. The first-order chi connectivity index (χ1) is 7.66. The van der Waals surface area contributed by atoms with Crippen molar-refractivity contribution >= 4 is 17.5 Å². The maximum atomic E-state index is 13.2. The summed E-state index contributed by atoms with van der Waals surface area (Å²) in [7, 11) is 0. The maximum Gasteiger partial charge on any atom is 0.175 e. The van der Waals surface area contributed by atoms with Crippen molar-refractivity contribution in [3.63, 3.8) is 0 Å². The molecule has 1 aliphatic heterocycles. The van der Waals surface area contributed by atoms with E-state index in [0.717, 1.165) is 12.1 Å². The van der Waals surface area contributed by atoms with E-state index < -0.39 is 11.6 Å². The van der Waals surface area contributed by atoms with Crippen LogP contribution in [0, 0.1) is 11.6 Å². The second-order valence-electron chi connectivity index (χ2n) is 3.52.